The first kappa shape index (κ1) is 14.0. The number of para-hydroxylation sites is 1. The van der Waals surface area contributed by atoms with Gasteiger partial charge in [-0.05, 0) is 25.1 Å². The number of aryl methyl sites for hydroxylation is 2. The maximum atomic E-state index is 12.1. The number of hydrogen-bond donors (Lipinski definition) is 1. The minimum Gasteiger partial charge on any atom is -0.422 e. The van der Waals surface area contributed by atoms with E-state index in [0.717, 1.165) is 27.7 Å². The van der Waals surface area contributed by atoms with Crippen LogP contribution in [0.15, 0.2) is 36.5 Å². The molecule has 0 amide bonds. The summed E-state index contributed by atoms with van der Waals surface area (Å²) in [6.07, 6.45) is 3.93. The minimum atomic E-state index is -0.396. The predicted molar refractivity (Wildman–Crippen MR) is 92.6 cm³/mol. The van der Waals surface area contributed by atoms with Crippen molar-refractivity contribution in [1.82, 2.24) is 9.55 Å². The molecule has 3 aromatic rings. The number of nitrogens with one attached hydrogen (secondary N) is 1. The van der Waals surface area contributed by atoms with E-state index in [4.69, 9.17) is 17.0 Å². The van der Waals surface area contributed by atoms with Crippen LogP contribution in [0.2, 0.25) is 0 Å². The van der Waals surface area contributed by atoms with Crippen LogP contribution in [0, 0.1) is 11.6 Å². The first-order valence-corrected chi connectivity index (χ1v) is 7.67. The number of H-pyrrole nitrogens is 1. The Balaban J connectivity index is 1.95. The summed E-state index contributed by atoms with van der Waals surface area (Å²) in [5, 5.41) is 1.12. The van der Waals surface area contributed by atoms with Gasteiger partial charge in [0.15, 0.2) is 0 Å². The molecule has 0 aliphatic carbocycles. The van der Waals surface area contributed by atoms with Crippen LogP contribution in [0.3, 0.4) is 0 Å². The second kappa shape index (κ2) is 4.93. The minimum absolute atomic E-state index is 0.396. The lowest BCUT2D eigenvalue weighted by Crippen LogP contribution is -1.97. The van der Waals surface area contributed by atoms with Crippen LogP contribution in [0.1, 0.15) is 27.2 Å². The topological polar surface area (TPSA) is 47.0 Å². The summed E-state index contributed by atoms with van der Waals surface area (Å²) in [6.45, 7) is 1.91. The van der Waals surface area contributed by atoms with Crippen molar-refractivity contribution < 1.29 is 9.53 Å². The van der Waals surface area contributed by atoms with Crippen molar-refractivity contribution in [3.8, 4) is 0 Å². The monoisotopic (exact) mass is 322 g/mol. The second-order valence-electron chi connectivity index (χ2n) is 5.68. The summed E-state index contributed by atoms with van der Waals surface area (Å²) in [7, 11) is 2.00. The summed E-state index contributed by atoms with van der Waals surface area (Å²) in [5.41, 5.74) is 4.23. The Morgan fingerprint density at radius 3 is 2.91 bits per heavy atom. The SMILES string of the molecule is Cc1cc2c(c(=S)[nH]1)C(=O)O/C2=C\c1cn(C)c2ccccc12. The van der Waals surface area contributed by atoms with Gasteiger partial charge in [-0.1, -0.05) is 30.4 Å². The summed E-state index contributed by atoms with van der Waals surface area (Å²) >= 11 is 5.25. The highest BCUT2D eigenvalue weighted by molar-refractivity contribution is 7.71. The molecule has 1 N–H and O–H groups in total. The van der Waals surface area contributed by atoms with E-state index in [1.165, 1.54) is 0 Å². The van der Waals surface area contributed by atoms with Crippen LogP contribution in [0.4, 0.5) is 0 Å². The molecule has 4 nitrogen and oxygen atoms in total. The van der Waals surface area contributed by atoms with Crippen molar-refractivity contribution in [3.63, 3.8) is 0 Å². The average Bonchev–Trinajstić information content (AvgIpc) is 2.98. The summed E-state index contributed by atoms with van der Waals surface area (Å²) in [6, 6.07) is 10.0. The van der Waals surface area contributed by atoms with Gasteiger partial charge >= 0.3 is 5.97 Å². The van der Waals surface area contributed by atoms with Gasteiger partial charge in [-0.15, -0.1) is 0 Å². The number of benzene rings is 1. The predicted octanol–water partition coefficient (Wildman–Crippen LogP) is 4.21. The normalized spacial score (nSPS) is 15.2. The highest BCUT2D eigenvalue weighted by atomic mass is 32.1. The molecule has 0 radical (unpaired) electrons. The number of rotatable bonds is 1. The van der Waals surface area contributed by atoms with Gasteiger partial charge in [-0.3, -0.25) is 0 Å². The Kier molecular flexibility index (Phi) is 2.99. The van der Waals surface area contributed by atoms with E-state index < -0.39 is 5.97 Å². The number of fused-ring (bicyclic) bond motifs is 2. The molecule has 5 heteroatoms. The summed E-state index contributed by atoms with van der Waals surface area (Å²) in [5.74, 6) is 0.150. The molecule has 2 aromatic heterocycles. The molecule has 1 aliphatic heterocycles. The molecular formula is C18H14N2O2S. The van der Waals surface area contributed by atoms with Crippen molar-refractivity contribution in [2.75, 3.05) is 0 Å². The number of cyclic esters (lactones) is 1. The van der Waals surface area contributed by atoms with Gasteiger partial charge < -0.3 is 14.3 Å². The molecule has 0 atom stereocenters. The number of aromatic amines is 1. The first-order valence-electron chi connectivity index (χ1n) is 7.27. The van der Waals surface area contributed by atoms with Crippen molar-refractivity contribution in [3.05, 3.63) is 63.6 Å². The van der Waals surface area contributed by atoms with E-state index >= 15 is 0 Å². The number of esters is 1. The van der Waals surface area contributed by atoms with Crippen LogP contribution >= 0.6 is 12.2 Å². The van der Waals surface area contributed by atoms with Gasteiger partial charge in [0, 0.05) is 41.0 Å². The van der Waals surface area contributed by atoms with Crippen LogP contribution < -0.4 is 0 Å². The molecular weight excluding hydrogens is 308 g/mol. The smallest absolute Gasteiger partial charge is 0.347 e. The van der Waals surface area contributed by atoms with Crippen LogP contribution in [0.5, 0.6) is 0 Å². The van der Waals surface area contributed by atoms with E-state index in [-0.39, 0.29) is 0 Å². The third kappa shape index (κ3) is 2.12. The van der Waals surface area contributed by atoms with E-state index in [0.29, 0.717) is 16.0 Å². The van der Waals surface area contributed by atoms with Crippen LogP contribution in [-0.4, -0.2) is 15.5 Å². The molecule has 114 valence electrons. The second-order valence-corrected chi connectivity index (χ2v) is 6.09. The molecule has 0 saturated carbocycles. The number of carbonyl (C=O) groups is 1. The number of pyridine rings is 1. The maximum absolute atomic E-state index is 12.1. The molecule has 0 saturated heterocycles. The quantitative estimate of drug-likeness (QED) is 0.539. The number of aromatic nitrogens is 2. The molecule has 0 unspecified atom stereocenters. The fraction of sp³-hybridized carbons (Fsp3) is 0.111. The van der Waals surface area contributed by atoms with Gasteiger partial charge in [-0.2, -0.15) is 0 Å². The Morgan fingerprint density at radius 2 is 2.09 bits per heavy atom. The van der Waals surface area contributed by atoms with E-state index in [9.17, 15) is 4.79 Å². The van der Waals surface area contributed by atoms with Crippen molar-refractivity contribution in [1.29, 1.82) is 0 Å². The lowest BCUT2D eigenvalue weighted by molar-refractivity contribution is 0.0716. The molecule has 23 heavy (non-hydrogen) atoms. The lowest BCUT2D eigenvalue weighted by Gasteiger charge is -2.00. The summed E-state index contributed by atoms with van der Waals surface area (Å²) < 4.78 is 7.94. The Hall–Kier alpha value is -2.66. The molecule has 0 fully saturated rings. The molecule has 4 rings (SSSR count). The number of ether oxygens (including phenoxy) is 1. The van der Waals surface area contributed by atoms with E-state index in [2.05, 4.69) is 21.7 Å². The first-order chi connectivity index (χ1) is 11.0. The highest BCUT2D eigenvalue weighted by Gasteiger charge is 2.28. The molecule has 0 spiro atoms. The van der Waals surface area contributed by atoms with E-state index in [1.807, 2.05) is 44.4 Å². The van der Waals surface area contributed by atoms with Gasteiger partial charge in [-0.25, -0.2) is 4.79 Å². The standard InChI is InChI=1S/C18H14N2O2S/c1-10-7-13-15(22-18(21)16(13)17(23)19-10)8-11-9-20(2)14-6-4-3-5-12(11)14/h3-9H,1-2H3,(H,19,23)/b15-8-. The van der Waals surface area contributed by atoms with E-state index in [1.54, 1.807) is 0 Å². The zero-order chi connectivity index (χ0) is 16.1. The average molecular weight is 322 g/mol. The number of nitrogens with zero attached hydrogens (tertiary/aromatic N) is 1. The summed E-state index contributed by atoms with van der Waals surface area (Å²) in [4.78, 5) is 15.1. The molecule has 1 aliphatic rings. The zero-order valence-electron chi connectivity index (χ0n) is 12.7. The molecule has 3 heterocycles. The zero-order valence-corrected chi connectivity index (χ0v) is 13.5. The highest BCUT2D eigenvalue weighted by Crippen LogP contribution is 2.33. The van der Waals surface area contributed by atoms with Crippen LogP contribution in [0.25, 0.3) is 22.7 Å². The third-order valence-corrected chi connectivity index (χ3v) is 4.36. The van der Waals surface area contributed by atoms with Gasteiger partial charge in [0.1, 0.15) is 16.0 Å². The Morgan fingerprint density at radius 1 is 1.30 bits per heavy atom. The van der Waals surface area contributed by atoms with Crippen molar-refractivity contribution in [2.24, 2.45) is 7.05 Å². The van der Waals surface area contributed by atoms with Gasteiger partial charge in [0.05, 0.1) is 0 Å². The largest absolute Gasteiger partial charge is 0.422 e. The number of carbonyl (C=O) groups excluding carboxylic acids is 1. The third-order valence-electron chi connectivity index (χ3n) is 4.05. The van der Waals surface area contributed by atoms with Gasteiger partial charge in [0.25, 0.3) is 0 Å². The number of hydrogen-bond acceptors (Lipinski definition) is 3. The van der Waals surface area contributed by atoms with Crippen molar-refractivity contribution >= 4 is 40.9 Å². The Bertz CT molecular complexity index is 1060. The fourth-order valence-electron chi connectivity index (χ4n) is 3.03. The lowest BCUT2D eigenvalue weighted by atomic mass is 10.1. The molecule has 1 aromatic carbocycles. The maximum Gasteiger partial charge on any atom is 0.347 e. The van der Waals surface area contributed by atoms with Crippen LogP contribution in [-0.2, 0) is 11.8 Å². The molecule has 0 bridgehead atoms. The van der Waals surface area contributed by atoms with Gasteiger partial charge in [0.2, 0.25) is 0 Å². The van der Waals surface area contributed by atoms with Crippen molar-refractivity contribution in [2.45, 2.75) is 6.92 Å². The Labute approximate surface area is 138 Å². The fourth-order valence-corrected chi connectivity index (χ4v) is 3.38.